The monoisotopic (exact) mass is 284 g/mol. The number of rotatable bonds is 4. The van der Waals surface area contributed by atoms with Gasteiger partial charge >= 0.3 is 0 Å². The highest BCUT2D eigenvalue weighted by molar-refractivity contribution is 7.98. The molecular weight excluding hydrogens is 272 g/mol. The molecule has 5 nitrogen and oxygen atoms in total. The smallest absolute Gasteiger partial charge is 0.213 e. The first-order chi connectivity index (χ1) is 9.86. The van der Waals surface area contributed by atoms with E-state index in [2.05, 4.69) is 15.5 Å². The van der Waals surface area contributed by atoms with Crippen molar-refractivity contribution in [1.82, 2.24) is 20.2 Å². The number of para-hydroxylation sites is 1. The Balaban J connectivity index is 1.81. The molecule has 0 amide bonds. The van der Waals surface area contributed by atoms with Gasteiger partial charge in [-0.2, -0.15) is 4.68 Å². The zero-order valence-electron chi connectivity index (χ0n) is 10.8. The maximum atomic E-state index is 5.74. The second-order valence-corrected chi connectivity index (χ2v) is 4.76. The van der Waals surface area contributed by atoms with Crippen LogP contribution in [0.2, 0.25) is 0 Å². The Bertz CT molecular complexity index is 682. The maximum Gasteiger partial charge on any atom is 0.213 e. The van der Waals surface area contributed by atoms with Crippen molar-refractivity contribution in [2.45, 2.75) is 5.16 Å². The average Bonchev–Trinajstić information content (AvgIpc) is 2.98. The number of hydrogen-bond acceptors (Lipinski definition) is 5. The predicted molar refractivity (Wildman–Crippen MR) is 77.5 cm³/mol. The zero-order chi connectivity index (χ0) is 13.8. The van der Waals surface area contributed by atoms with Gasteiger partial charge in [0.15, 0.2) is 0 Å². The van der Waals surface area contributed by atoms with Crippen LogP contribution in [0.4, 0.5) is 0 Å². The summed E-state index contributed by atoms with van der Waals surface area (Å²) in [5.74, 6) is 1.59. The Morgan fingerprint density at radius 1 is 0.950 bits per heavy atom. The number of benzene rings is 2. The van der Waals surface area contributed by atoms with Crippen LogP contribution >= 0.6 is 11.8 Å². The molecule has 0 aliphatic rings. The summed E-state index contributed by atoms with van der Waals surface area (Å²) < 4.78 is 7.43. The second kappa shape index (κ2) is 5.75. The van der Waals surface area contributed by atoms with E-state index < -0.39 is 0 Å². The van der Waals surface area contributed by atoms with Crippen LogP contribution < -0.4 is 4.74 Å². The third kappa shape index (κ3) is 2.65. The molecule has 6 heteroatoms. The predicted octanol–water partition coefficient (Wildman–Crippen LogP) is 3.18. The van der Waals surface area contributed by atoms with E-state index in [1.54, 1.807) is 4.68 Å². The summed E-state index contributed by atoms with van der Waals surface area (Å²) in [6.07, 6.45) is 1.94. The van der Waals surface area contributed by atoms with Crippen molar-refractivity contribution in [2.24, 2.45) is 0 Å². The largest absolute Gasteiger partial charge is 0.457 e. The van der Waals surface area contributed by atoms with Crippen molar-refractivity contribution in [3.63, 3.8) is 0 Å². The van der Waals surface area contributed by atoms with E-state index in [1.807, 2.05) is 60.9 Å². The lowest BCUT2D eigenvalue weighted by molar-refractivity contribution is 0.482. The Kier molecular flexibility index (Phi) is 3.64. The van der Waals surface area contributed by atoms with Gasteiger partial charge in [0, 0.05) is 0 Å². The summed E-state index contributed by atoms with van der Waals surface area (Å²) in [4.78, 5) is 0. The molecule has 0 fully saturated rings. The first-order valence-electron chi connectivity index (χ1n) is 6.02. The van der Waals surface area contributed by atoms with E-state index in [9.17, 15) is 0 Å². The number of aromatic nitrogens is 4. The zero-order valence-corrected chi connectivity index (χ0v) is 11.6. The molecule has 1 aromatic heterocycles. The highest BCUT2D eigenvalue weighted by Crippen LogP contribution is 2.23. The van der Waals surface area contributed by atoms with Gasteiger partial charge in [0.2, 0.25) is 5.16 Å². The molecule has 100 valence electrons. The molecular formula is C14H12N4OS. The van der Waals surface area contributed by atoms with Crippen LogP contribution in [0.15, 0.2) is 59.8 Å². The molecule has 0 spiro atoms. The first-order valence-corrected chi connectivity index (χ1v) is 7.25. The van der Waals surface area contributed by atoms with E-state index in [0.717, 1.165) is 22.3 Å². The normalized spacial score (nSPS) is 10.4. The van der Waals surface area contributed by atoms with Crippen molar-refractivity contribution in [3.8, 4) is 17.2 Å². The summed E-state index contributed by atoms with van der Waals surface area (Å²) in [5, 5.41) is 12.3. The molecule has 0 bridgehead atoms. The molecule has 1 heterocycles. The quantitative estimate of drug-likeness (QED) is 0.689. The lowest BCUT2D eigenvalue weighted by Gasteiger charge is -2.07. The SMILES string of the molecule is CSc1nnnn1-c1ccc(Oc2ccccc2)cc1. The highest BCUT2D eigenvalue weighted by atomic mass is 32.2. The van der Waals surface area contributed by atoms with Gasteiger partial charge < -0.3 is 4.74 Å². The van der Waals surface area contributed by atoms with Crippen LogP contribution in [-0.2, 0) is 0 Å². The molecule has 0 radical (unpaired) electrons. The summed E-state index contributed by atoms with van der Waals surface area (Å²) in [7, 11) is 0. The van der Waals surface area contributed by atoms with Gasteiger partial charge in [-0.25, -0.2) is 0 Å². The van der Waals surface area contributed by atoms with Crippen LogP contribution in [0.3, 0.4) is 0 Å². The summed E-state index contributed by atoms with van der Waals surface area (Å²) in [5.41, 5.74) is 0.903. The van der Waals surface area contributed by atoms with E-state index >= 15 is 0 Å². The summed E-state index contributed by atoms with van der Waals surface area (Å²) in [6, 6.07) is 17.3. The van der Waals surface area contributed by atoms with Gasteiger partial charge in [-0.15, -0.1) is 5.10 Å². The number of hydrogen-bond donors (Lipinski definition) is 0. The molecule has 0 aliphatic heterocycles. The molecule has 2 aromatic carbocycles. The fourth-order valence-electron chi connectivity index (χ4n) is 1.75. The Morgan fingerprint density at radius 2 is 1.65 bits per heavy atom. The van der Waals surface area contributed by atoms with Crippen molar-refractivity contribution < 1.29 is 4.74 Å². The first kappa shape index (κ1) is 12.7. The van der Waals surface area contributed by atoms with Crippen molar-refractivity contribution in [3.05, 3.63) is 54.6 Å². The average molecular weight is 284 g/mol. The third-order valence-electron chi connectivity index (χ3n) is 2.68. The molecule has 0 saturated carbocycles. The van der Waals surface area contributed by atoms with Gasteiger partial charge in [-0.3, -0.25) is 0 Å². The van der Waals surface area contributed by atoms with Gasteiger partial charge in [-0.05, 0) is 53.1 Å². The molecule has 3 rings (SSSR count). The van der Waals surface area contributed by atoms with Gasteiger partial charge in [-0.1, -0.05) is 30.0 Å². The minimum Gasteiger partial charge on any atom is -0.457 e. The van der Waals surface area contributed by atoms with E-state index in [1.165, 1.54) is 11.8 Å². The maximum absolute atomic E-state index is 5.74. The third-order valence-corrected chi connectivity index (χ3v) is 3.30. The fraction of sp³-hybridized carbons (Fsp3) is 0.0714. The molecule has 0 N–H and O–H groups in total. The molecule has 3 aromatic rings. The molecule has 20 heavy (non-hydrogen) atoms. The van der Waals surface area contributed by atoms with Crippen molar-refractivity contribution >= 4 is 11.8 Å². The topological polar surface area (TPSA) is 52.8 Å². The number of thioether (sulfide) groups is 1. The van der Waals surface area contributed by atoms with Crippen LogP contribution in [-0.4, -0.2) is 26.5 Å². The van der Waals surface area contributed by atoms with E-state index in [-0.39, 0.29) is 0 Å². The van der Waals surface area contributed by atoms with Crippen LogP contribution in [0.1, 0.15) is 0 Å². The molecule has 0 atom stereocenters. The highest BCUT2D eigenvalue weighted by Gasteiger charge is 2.06. The van der Waals surface area contributed by atoms with Gasteiger partial charge in [0.05, 0.1) is 5.69 Å². The van der Waals surface area contributed by atoms with Gasteiger partial charge in [0.25, 0.3) is 0 Å². The molecule has 0 aliphatic carbocycles. The Labute approximate surface area is 120 Å². The van der Waals surface area contributed by atoms with Crippen molar-refractivity contribution in [2.75, 3.05) is 6.26 Å². The minimum atomic E-state index is 0.752. The molecule has 0 unspecified atom stereocenters. The van der Waals surface area contributed by atoms with Crippen molar-refractivity contribution in [1.29, 1.82) is 0 Å². The van der Waals surface area contributed by atoms with Gasteiger partial charge in [0.1, 0.15) is 11.5 Å². The lowest BCUT2D eigenvalue weighted by Crippen LogP contribution is -1.98. The van der Waals surface area contributed by atoms with Crippen LogP contribution in [0.5, 0.6) is 11.5 Å². The van der Waals surface area contributed by atoms with Crippen LogP contribution in [0, 0.1) is 0 Å². The van der Waals surface area contributed by atoms with E-state index in [4.69, 9.17) is 4.74 Å². The Morgan fingerprint density at radius 3 is 2.35 bits per heavy atom. The summed E-state index contributed by atoms with van der Waals surface area (Å²) >= 11 is 1.50. The molecule has 0 saturated heterocycles. The van der Waals surface area contributed by atoms with E-state index in [0.29, 0.717) is 0 Å². The standard InChI is InChI=1S/C14H12N4OS/c1-20-14-15-16-17-18(14)11-7-9-13(10-8-11)19-12-5-3-2-4-6-12/h2-10H,1H3. The number of tetrazole rings is 1. The summed E-state index contributed by atoms with van der Waals surface area (Å²) in [6.45, 7) is 0. The minimum absolute atomic E-state index is 0.752. The lowest BCUT2D eigenvalue weighted by atomic mass is 10.3. The number of ether oxygens (including phenoxy) is 1. The fourth-order valence-corrected chi connectivity index (χ4v) is 2.18. The Hall–Kier alpha value is -2.34. The number of nitrogens with zero attached hydrogens (tertiary/aromatic N) is 4. The van der Waals surface area contributed by atoms with Crippen LogP contribution in [0.25, 0.3) is 5.69 Å². The second-order valence-electron chi connectivity index (χ2n) is 3.99.